The summed E-state index contributed by atoms with van der Waals surface area (Å²) in [6.07, 6.45) is 4.35. The molecule has 0 spiro atoms. The van der Waals surface area contributed by atoms with Gasteiger partial charge in [0.25, 0.3) is 10.2 Å². The van der Waals surface area contributed by atoms with E-state index >= 15 is 0 Å². The minimum atomic E-state index is -3.42. The van der Waals surface area contributed by atoms with Crippen molar-refractivity contribution in [1.82, 2.24) is 28.0 Å². The number of fused-ring (bicyclic) bond motifs is 1. The molecule has 13 heteroatoms. The van der Waals surface area contributed by atoms with E-state index in [9.17, 15) is 13.5 Å². The van der Waals surface area contributed by atoms with E-state index in [1.165, 1.54) is 19.9 Å². The van der Waals surface area contributed by atoms with Gasteiger partial charge in [-0.2, -0.15) is 17.0 Å². The predicted molar refractivity (Wildman–Crippen MR) is 132 cm³/mol. The van der Waals surface area contributed by atoms with Crippen LogP contribution in [0, 0.1) is 0 Å². The molecule has 1 saturated heterocycles. The molecule has 0 amide bonds. The van der Waals surface area contributed by atoms with Gasteiger partial charge in [-0.3, -0.25) is 4.40 Å². The summed E-state index contributed by atoms with van der Waals surface area (Å²) in [5, 5.41) is 15.4. The van der Waals surface area contributed by atoms with Gasteiger partial charge in [-0.05, 0) is 24.6 Å². The monoisotopic (exact) mass is 519 g/mol. The molecule has 1 fully saturated rings. The summed E-state index contributed by atoms with van der Waals surface area (Å²) in [5.74, 6) is 0.361. The van der Waals surface area contributed by atoms with Crippen LogP contribution >= 0.6 is 22.9 Å². The number of aromatic hydroxyl groups is 1. The number of imidazole rings is 1. The lowest BCUT2D eigenvalue weighted by Crippen LogP contribution is -2.49. The highest BCUT2D eigenvalue weighted by Gasteiger charge is 2.30. The summed E-state index contributed by atoms with van der Waals surface area (Å²) in [4.78, 5) is 14.5. The van der Waals surface area contributed by atoms with Crippen molar-refractivity contribution >= 4 is 44.1 Å². The number of aromatic nitrogens is 4. The Balaban J connectivity index is 1.42. The normalized spacial score (nSPS) is 16.8. The van der Waals surface area contributed by atoms with Crippen LogP contribution in [0.1, 0.15) is 6.42 Å². The number of anilines is 1. The number of hydrogen-bond acceptors (Lipinski definition) is 8. The van der Waals surface area contributed by atoms with Crippen molar-refractivity contribution in [1.29, 1.82) is 0 Å². The minimum absolute atomic E-state index is 0.0233. The molecule has 1 aliphatic rings. The Morgan fingerprint density at radius 2 is 2.09 bits per heavy atom. The number of hydrogen-bond donors (Lipinski definition) is 2. The highest BCUT2D eigenvalue weighted by atomic mass is 35.5. The van der Waals surface area contributed by atoms with Crippen LogP contribution in [0.4, 0.5) is 5.95 Å². The maximum atomic E-state index is 12.4. The van der Waals surface area contributed by atoms with Crippen LogP contribution in [0.25, 0.3) is 27.6 Å². The average molecular weight is 520 g/mol. The minimum Gasteiger partial charge on any atom is -0.506 e. The van der Waals surface area contributed by atoms with Gasteiger partial charge in [-0.15, -0.1) is 11.3 Å². The lowest BCUT2D eigenvalue weighted by Gasteiger charge is -2.32. The Kier molecular flexibility index (Phi) is 6.16. The molecule has 0 unspecified atom stereocenters. The molecule has 4 aromatic rings. The summed E-state index contributed by atoms with van der Waals surface area (Å²) in [6.45, 7) is 1.72. The zero-order valence-electron chi connectivity index (χ0n) is 18.2. The van der Waals surface area contributed by atoms with Gasteiger partial charge < -0.3 is 10.4 Å². The van der Waals surface area contributed by atoms with Gasteiger partial charge in [-0.25, -0.2) is 15.0 Å². The molecule has 1 aliphatic heterocycles. The van der Waals surface area contributed by atoms with Gasteiger partial charge in [0, 0.05) is 56.6 Å². The summed E-state index contributed by atoms with van der Waals surface area (Å²) in [7, 11) is -1.82. The van der Waals surface area contributed by atoms with Gasteiger partial charge in [0.2, 0.25) is 5.95 Å². The number of phenols is 1. The third kappa shape index (κ3) is 4.23. The maximum Gasteiger partial charge on any atom is 0.281 e. The Morgan fingerprint density at radius 1 is 1.24 bits per heavy atom. The van der Waals surface area contributed by atoms with Crippen LogP contribution in [-0.2, 0) is 10.2 Å². The van der Waals surface area contributed by atoms with Crippen molar-refractivity contribution < 1.29 is 13.5 Å². The Morgan fingerprint density at radius 3 is 2.91 bits per heavy atom. The smallest absolute Gasteiger partial charge is 0.281 e. The lowest BCUT2D eigenvalue weighted by atomic mass is 10.1. The molecule has 4 heterocycles. The number of phenolic OH excluding ortho intramolecular Hbond substituents is 1. The third-order valence-corrected chi connectivity index (χ3v) is 8.69. The van der Waals surface area contributed by atoms with Crippen LogP contribution < -0.4 is 5.32 Å². The van der Waals surface area contributed by atoms with Crippen molar-refractivity contribution in [2.75, 3.05) is 38.5 Å². The van der Waals surface area contributed by atoms with E-state index in [-0.39, 0.29) is 10.8 Å². The van der Waals surface area contributed by atoms with E-state index in [4.69, 9.17) is 16.6 Å². The standard InChI is InChI=1S/C21H22ClN7O3S2/c1-27-8-2-9-28(34(27,31)32)10-7-24-20-23-6-5-16(25-20)19-18(26-21-29(19)11-12-33-21)14-3-4-15(22)17(30)13-14/h3-6,11-13,30H,2,7-10H2,1H3,(H,23,24,25). The molecule has 0 atom stereocenters. The first-order valence-electron chi connectivity index (χ1n) is 10.6. The maximum absolute atomic E-state index is 12.4. The summed E-state index contributed by atoms with van der Waals surface area (Å²) >= 11 is 7.48. The van der Waals surface area contributed by atoms with Crippen molar-refractivity contribution in [3.05, 3.63) is 47.1 Å². The van der Waals surface area contributed by atoms with Crippen molar-refractivity contribution in [3.63, 3.8) is 0 Å². The first kappa shape index (κ1) is 23.0. The summed E-state index contributed by atoms with van der Waals surface area (Å²) in [6, 6.07) is 6.79. The molecular weight excluding hydrogens is 498 g/mol. The van der Waals surface area contributed by atoms with Crippen molar-refractivity contribution in [3.8, 4) is 28.4 Å². The van der Waals surface area contributed by atoms with Crippen LogP contribution in [0.2, 0.25) is 5.02 Å². The third-order valence-electron chi connectivity index (χ3n) is 5.62. The molecule has 34 heavy (non-hydrogen) atoms. The number of nitrogens with one attached hydrogen (secondary N) is 1. The first-order chi connectivity index (χ1) is 16.3. The quantitative estimate of drug-likeness (QED) is 0.402. The van der Waals surface area contributed by atoms with E-state index < -0.39 is 10.2 Å². The Hall–Kier alpha value is -2.77. The number of halogens is 1. The topological polar surface area (TPSA) is 116 Å². The van der Waals surface area contributed by atoms with Gasteiger partial charge in [-0.1, -0.05) is 17.7 Å². The van der Waals surface area contributed by atoms with E-state index in [1.54, 1.807) is 37.5 Å². The molecule has 0 bridgehead atoms. The molecule has 0 radical (unpaired) electrons. The lowest BCUT2D eigenvalue weighted by molar-refractivity contribution is 0.313. The number of nitrogens with zero attached hydrogens (tertiary/aromatic N) is 6. The summed E-state index contributed by atoms with van der Waals surface area (Å²) < 4.78 is 29.6. The molecule has 2 N–H and O–H groups in total. The van der Waals surface area contributed by atoms with Crippen LogP contribution in [-0.4, -0.2) is 74.7 Å². The largest absolute Gasteiger partial charge is 0.506 e. The first-order valence-corrected chi connectivity index (χ1v) is 13.2. The zero-order valence-corrected chi connectivity index (χ0v) is 20.6. The molecule has 1 aromatic carbocycles. The van der Waals surface area contributed by atoms with Crippen molar-refractivity contribution in [2.24, 2.45) is 0 Å². The Bertz CT molecular complexity index is 1450. The number of benzene rings is 1. The molecule has 10 nitrogen and oxygen atoms in total. The molecule has 178 valence electrons. The molecule has 3 aromatic heterocycles. The van der Waals surface area contributed by atoms with Crippen molar-refractivity contribution in [2.45, 2.75) is 6.42 Å². The SMILES string of the molecule is CN1CCCN(CCNc2nccc(-c3c(-c4ccc(Cl)c(O)c4)nc4sccn34)n2)S1(=O)=O. The summed E-state index contributed by atoms with van der Waals surface area (Å²) in [5.41, 5.74) is 2.76. The predicted octanol–water partition coefficient (Wildman–Crippen LogP) is 3.17. The fraction of sp³-hybridized carbons (Fsp3) is 0.286. The fourth-order valence-electron chi connectivity index (χ4n) is 3.88. The van der Waals surface area contributed by atoms with Gasteiger partial charge >= 0.3 is 0 Å². The fourth-order valence-corrected chi connectivity index (χ4v) is 6.15. The number of thiazole rings is 1. The van der Waals surface area contributed by atoms with E-state index in [0.717, 1.165) is 17.1 Å². The van der Waals surface area contributed by atoms with E-state index in [2.05, 4.69) is 15.3 Å². The van der Waals surface area contributed by atoms with E-state index in [0.29, 0.717) is 49.1 Å². The second kappa shape index (κ2) is 9.12. The van der Waals surface area contributed by atoms with Crippen LogP contribution in [0.15, 0.2) is 42.0 Å². The molecule has 0 saturated carbocycles. The van der Waals surface area contributed by atoms with Gasteiger partial charge in [0.1, 0.15) is 11.4 Å². The van der Waals surface area contributed by atoms with E-state index in [1.807, 2.05) is 16.0 Å². The number of rotatable bonds is 6. The van der Waals surface area contributed by atoms with Crippen LogP contribution in [0.3, 0.4) is 0 Å². The molecular formula is C21H22ClN7O3S2. The Labute approximate surface area is 205 Å². The van der Waals surface area contributed by atoms with Crippen LogP contribution in [0.5, 0.6) is 5.75 Å². The zero-order chi connectivity index (χ0) is 23.9. The van der Waals surface area contributed by atoms with Gasteiger partial charge in [0.05, 0.1) is 16.4 Å². The molecule has 0 aliphatic carbocycles. The average Bonchev–Trinajstić information content (AvgIpc) is 3.40. The highest BCUT2D eigenvalue weighted by Crippen LogP contribution is 2.36. The second-order valence-corrected chi connectivity index (χ2v) is 11.1. The molecule has 5 rings (SSSR count). The second-order valence-electron chi connectivity index (χ2n) is 7.80. The highest BCUT2D eigenvalue weighted by molar-refractivity contribution is 7.86. The van der Waals surface area contributed by atoms with Gasteiger partial charge in [0.15, 0.2) is 4.96 Å².